The number of amides is 2. The van der Waals surface area contributed by atoms with Gasteiger partial charge < -0.3 is 13.9 Å². The van der Waals surface area contributed by atoms with Crippen LogP contribution in [0.3, 0.4) is 0 Å². The first-order valence-corrected chi connectivity index (χ1v) is 9.92. The topological polar surface area (TPSA) is 159 Å². The molecule has 1 aromatic heterocycles. The van der Waals surface area contributed by atoms with Crippen LogP contribution < -0.4 is 20.3 Å². The number of hydrazine groups is 1. The van der Waals surface area contributed by atoms with E-state index in [0.717, 1.165) is 11.8 Å². The molecule has 3 rings (SSSR count). The molecule has 0 saturated heterocycles. The number of carbonyl (C=O) groups is 2. The highest BCUT2D eigenvalue weighted by Gasteiger charge is 2.15. The maximum absolute atomic E-state index is 12.0. The Balaban J connectivity index is 1.51. The van der Waals surface area contributed by atoms with Gasteiger partial charge in [-0.3, -0.25) is 30.6 Å². The van der Waals surface area contributed by atoms with Gasteiger partial charge in [0.05, 0.1) is 24.9 Å². The molecule has 0 unspecified atom stereocenters. The van der Waals surface area contributed by atoms with Gasteiger partial charge in [-0.25, -0.2) is 0 Å². The number of nitro groups is 1. The molecule has 3 aromatic rings. The smallest absolute Gasteiger partial charge is 0.277 e. The van der Waals surface area contributed by atoms with Crippen LogP contribution in [0.15, 0.2) is 52.1 Å². The quantitative estimate of drug-likeness (QED) is 0.290. The van der Waals surface area contributed by atoms with E-state index in [1.165, 1.54) is 38.5 Å². The maximum Gasteiger partial charge on any atom is 0.277 e. The Hall–Kier alpha value is -4.13. The normalized spacial score (nSPS) is 10.3. The van der Waals surface area contributed by atoms with Crippen LogP contribution in [0.5, 0.6) is 11.5 Å². The molecule has 32 heavy (non-hydrogen) atoms. The van der Waals surface area contributed by atoms with Crippen molar-refractivity contribution in [3.05, 3.63) is 58.1 Å². The second-order valence-electron chi connectivity index (χ2n) is 6.04. The van der Waals surface area contributed by atoms with E-state index >= 15 is 0 Å². The number of benzene rings is 2. The summed E-state index contributed by atoms with van der Waals surface area (Å²) in [5.74, 6) is 0.0512. The van der Waals surface area contributed by atoms with E-state index in [1.54, 1.807) is 18.2 Å². The first-order valence-electron chi connectivity index (χ1n) is 8.93. The lowest BCUT2D eigenvalue weighted by atomic mass is 10.2. The largest absolute Gasteiger partial charge is 0.493 e. The summed E-state index contributed by atoms with van der Waals surface area (Å²) < 4.78 is 16.0. The summed E-state index contributed by atoms with van der Waals surface area (Å²) in [6.45, 7) is 0. The lowest BCUT2D eigenvalue weighted by Crippen LogP contribution is -2.42. The number of hydrogen-bond donors (Lipinski definition) is 2. The highest BCUT2D eigenvalue weighted by molar-refractivity contribution is 7.99. The minimum atomic E-state index is -0.619. The molecule has 0 saturated carbocycles. The third-order valence-corrected chi connectivity index (χ3v) is 4.84. The molecular weight excluding hydrogens is 442 g/mol. The number of rotatable bonds is 8. The summed E-state index contributed by atoms with van der Waals surface area (Å²) in [7, 11) is 3.04. The molecule has 0 bridgehead atoms. The minimum Gasteiger partial charge on any atom is -0.493 e. The maximum atomic E-state index is 12.0. The Kier molecular flexibility index (Phi) is 7.23. The van der Waals surface area contributed by atoms with Crippen molar-refractivity contribution < 1.29 is 28.4 Å². The first kappa shape index (κ1) is 22.6. The van der Waals surface area contributed by atoms with Crippen molar-refractivity contribution in [1.29, 1.82) is 0 Å². The third-order valence-electron chi connectivity index (χ3n) is 4.02. The summed E-state index contributed by atoms with van der Waals surface area (Å²) in [6, 6.07) is 10.1. The molecule has 0 fully saturated rings. The van der Waals surface area contributed by atoms with Crippen molar-refractivity contribution in [3.8, 4) is 23.0 Å². The average molecular weight is 459 g/mol. The number of carbonyl (C=O) groups excluding carboxylic acids is 2. The lowest BCUT2D eigenvalue weighted by Gasteiger charge is -2.07. The zero-order valence-corrected chi connectivity index (χ0v) is 17.7. The third kappa shape index (κ3) is 5.51. The molecule has 0 aliphatic carbocycles. The van der Waals surface area contributed by atoms with Crippen LogP contribution in [0.4, 0.5) is 5.69 Å². The summed E-state index contributed by atoms with van der Waals surface area (Å²) >= 11 is 0.980. The zero-order chi connectivity index (χ0) is 23.1. The van der Waals surface area contributed by atoms with E-state index in [2.05, 4.69) is 21.0 Å². The van der Waals surface area contributed by atoms with E-state index < -0.39 is 16.7 Å². The number of hydrogen-bond acceptors (Lipinski definition) is 10. The summed E-state index contributed by atoms with van der Waals surface area (Å²) in [6.07, 6.45) is 0. The van der Waals surface area contributed by atoms with Gasteiger partial charge in [0, 0.05) is 23.3 Å². The molecule has 0 radical (unpaired) electrons. The van der Waals surface area contributed by atoms with Crippen LogP contribution in [0.2, 0.25) is 0 Å². The predicted octanol–water partition coefficient (Wildman–Crippen LogP) is 2.22. The van der Waals surface area contributed by atoms with Gasteiger partial charge in [0.25, 0.3) is 16.8 Å². The molecule has 0 aliphatic rings. The highest BCUT2D eigenvalue weighted by Crippen LogP contribution is 2.32. The van der Waals surface area contributed by atoms with Gasteiger partial charge in [-0.2, -0.15) is 0 Å². The van der Waals surface area contributed by atoms with Crippen molar-refractivity contribution in [2.75, 3.05) is 20.0 Å². The van der Waals surface area contributed by atoms with Crippen molar-refractivity contribution in [2.24, 2.45) is 0 Å². The molecule has 0 spiro atoms. The number of ether oxygens (including phenoxy) is 2. The predicted molar refractivity (Wildman–Crippen MR) is 112 cm³/mol. The molecule has 166 valence electrons. The SMILES string of the molecule is COc1ccc(-c2nnc(SCC(=O)NNC(=O)c3ccc([N+](=O)[O-])cc3)o2)cc1OC. The molecule has 0 aliphatic heterocycles. The number of nitro benzene ring substituents is 1. The Morgan fingerprint density at radius 3 is 2.44 bits per heavy atom. The highest BCUT2D eigenvalue weighted by atomic mass is 32.2. The molecule has 2 aromatic carbocycles. The van der Waals surface area contributed by atoms with Gasteiger partial charge in [0.2, 0.25) is 11.8 Å². The Morgan fingerprint density at radius 2 is 1.78 bits per heavy atom. The van der Waals surface area contributed by atoms with Crippen LogP contribution in [0.25, 0.3) is 11.5 Å². The average Bonchev–Trinajstić information content (AvgIpc) is 3.29. The number of aromatic nitrogens is 2. The zero-order valence-electron chi connectivity index (χ0n) is 16.9. The summed E-state index contributed by atoms with van der Waals surface area (Å²) in [5.41, 5.74) is 5.09. The standard InChI is InChI=1S/C19H17N5O7S/c1-29-14-8-5-12(9-15(14)30-2)18-22-23-19(31-18)32-10-16(25)20-21-17(26)11-3-6-13(7-4-11)24(27)28/h3-9H,10H2,1-2H3,(H,20,25)(H,21,26). The first-order chi connectivity index (χ1) is 15.4. The Bertz CT molecular complexity index is 1130. The lowest BCUT2D eigenvalue weighted by molar-refractivity contribution is -0.384. The number of nitrogens with one attached hydrogen (secondary N) is 2. The monoisotopic (exact) mass is 459 g/mol. The van der Waals surface area contributed by atoms with Crippen LogP contribution in [0, 0.1) is 10.1 Å². The van der Waals surface area contributed by atoms with E-state index in [9.17, 15) is 19.7 Å². The van der Waals surface area contributed by atoms with E-state index in [1.807, 2.05) is 0 Å². The Labute approximate surface area is 185 Å². The second kappa shape index (κ2) is 10.3. The van der Waals surface area contributed by atoms with Crippen LogP contribution >= 0.6 is 11.8 Å². The second-order valence-corrected chi connectivity index (χ2v) is 6.96. The molecule has 0 atom stereocenters. The van der Waals surface area contributed by atoms with Gasteiger partial charge in [-0.1, -0.05) is 11.8 Å². The molecule has 1 heterocycles. The fourth-order valence-electron chi connectivity index (χ4n) is 2.45. The van der Waals surface area contributed by atoms with E-state index in [4.69, 9.17) is 13.9 Å². The van der Waals surface area contributed by atoms with Crippen molar-refractivity contribution >= 4 is 29.3 Å². The van der Waals surface area contributed by atoms with Crippen molar-refractivity contribution in [1.82, 2.24) is 21.0 Å². The fourth-order valence-corrected chi connectivity index (χ4v) is 3.01. The number of methoxy groups -OCH3 is 2. The molecular formula is C19H17N5O7S. The fraction of sp³-hybridized carbons (Fsp3) is 0.158. The summed E-state index contributed by atoms with van der Waals surface area (Å²) in [5, 5.41) is 18.6. The van der Waals surface area contributed by atoms with Gasteiger partial charge in [0.1, 0.15) is 0 Å². The van der Waals surface area contributed by atoms with Crippen LogP contribution in [-0.2, 0) is 4.79 Å². The Morgan fingerprint density at radius 1 is 1.06 bits per heavy atom. The molecule has 2 amide bonds. The van der Waals surface area contributed by atoms with Crippen molar-refractivity contribution in [2.45, 2.75) is 5.22 Å². The van der Waals surface area contributed by atoms with Gasteiger partial charge in [-0.15, -0.1) is 10.2 Å². The van der Waals surface area contributed by atoms with E-state index in [0.29, 0.717) is 17.1 Å². The number of thioether (sulfide) groups is 1. The number of non-ortho nitro benzene ring substituents is 1. The molecule has 12 nitrogen and oxygen atoms in total. The van der Waals surface area contributed by atoms with Gasteiger partial charge in [0.15, 0.2) is 11.5 Å². The number of nitrogens with zero attached hydrogens (tertiary/aromatic N) is 3. The minimum absolute atomic E-state index is 0.103. The van der Waals surface area contributed by atoms with Gasteiger partial charge in [-0.05, 0) is 30.3 Å². The van der Waals surface area contributed by atoms with E-state index in [-0.39, 0.29) is 28.1 Å². The van der Waals surface area contributed by atoms with Gasteiger partial charge >= 0.3 is 0 Å². The molecule has 2 N–H and O–H groups in total. The molecule has 13 heteroatoms. The van der Waals surface area contributed by atoms with Crippen LogP contribution in [0.1, 0.15) is 10.4 Å². The van der Waals surface area contributed by atoms with Crippen LogP contribution in [-0.4, -0.2) is 46.9 Å². The summed E-state index contributed by atoms with van der Waals surface area (Å²) in [4.78, 5) is 34.0. The van der Waals surface area contributed by atoms with Crippen molar-refractivity contribution in [3.63, 3.8) is 0 Å².